The number of pyridine rings is 1. The maximum absolute atomic E-state index is 12.5. The minimum Gasteiger partial charge on any atom is -0.486 e. The highest BCUT2D eigenvalue weighted by Gasteiger charge is 2.28. The van der Waals surface area contributed by atoms with Crippen LogP contribution in [0.4, 0.5) is 10.5 Å². The Labute approximate surface area is 203 Å². The minimum absolute atomic E-state index is 0.0468. The van der Waals surface area contributed by atoms with Gasteiger partial charge in [0.15, 0.2) is 11.5 Å². The molecular weight excluding hydrogens is 448 g/mol. The van der Waals surface area contributed by atoms with Crippen LogP contribution >= 0.6 is 0 Å². The number of anilines is 1. The largest absolute Gasteiger partial charge is 0.486 e. The molecule has 1 amide bonds. The number of rotatable bonds is 6. The molecule has 2 aliphatic rings. The van der Waals surface area contributed by atoms with Gasteiger partial charge in [-0.15, -0.1) is 0 Å². The highest BCUT2D eigenvalue weighted by atomic mass is 16.6. The molecule has 0 bridgehead atoms. The van der Waals surface area contributed by atoms with Crippen LogP contribution < -0.4 is 20.8 Å². The number of amides is 1. The highest BCUT2D eigenvalue weighted by Crippen LogP contribution is 2.31. The van der Waals surface area contributed by atoms with Crippen molar-refractivity contribution in [1.29, 1.82) is 0 Å². The molecule has 0 atom stereocenters. The lowest BCUT2D eigenvalue weighted by Crippen LogP contribution is -2.47. The van der Waals surface area contributed by atoms with Crippen molar-refractivity contribution in [2.45, 2.75) is 32.0 Å². The molecule has 1 aromatic heterocycles. The van der Waals surface area contributed by atoms with Crippen molar-refractivity contribution >= 4 is 22.7 Å². The van der Waals surface area contributed by atoms with Crippen LogP contribution in [0.5, 0.6) is 11.5 Å². The number of aromatic nitrogens is 1. The monoisotopic (exact) mass is 478 g/mol. The summed E-state index contributed by atoms with van der Waals surface area (Å²) in [5.74, 6) is 1.36. The van der Waals surface area contributed by atoms with Crippen LogP contribution in [0, 0.1) is 0 Å². The predicted molar refractivity (Wildman–Crippen MR) is 133 cm³/mol. The first kappa shape index (κ1) is 23.0. The summed E-state index contributed by atoms with van der Waals surface area (Å²) in [6.07, 6.45) is 0.570. The topological polar surface area (TPSA) is 110 Å². The van der Waals surface area contributed by atoms with E-state index in [1.807, 2.05) is 36.4 Å². The number of hydrogen-bond acceptors (Lipinski definition) is 6. The number of nitrogens with zero attached hydrogens (tertiary/aromatic N) is 3. The molecule has 9 nitrogen and oxygen atoms in total. The average Bonchev–Trinajstić information content (AvgIpc) is 2.87. The second kappa shape index (κ2) is 9.87. The lowest BCUT2D eigenvalue weighted by atomic mass is 10.0. The molecule has 1 fully saturated rings. The van der Waals surface area contributed by atoms with E-state index in [9.17, 15) is 14.7 Å². The number of ether oxygens (including phenoxy) is 2. The predicted octanol–water partition coefficient (Wildman–Crippen LogP) is 3.00. The van der Waals surface area contributed by atoms with Crippen molar-refractivity contribution < 1.29 is 19.4 Å². The zero-order chi connectivity index (χ0) is 24.4. The molecule has 5 rings (SSSR count). The van der Waals surface area contributed by atoms with Crippen LogP contribution in [0.3, 0.4) is 0 Å². The lowest BCUT2D eigenvalue weighted by Gasteiger charge is -2.37. The minimum atomic E-state index is -0.918. The van der Waals surface area contributed by atoms with Gasteiger partial charge in [0, 0.05) is 55.9 Å². The van der Waals surface area contributed by atoms with Gasteiger partial charge < -0.3 is 34.7 Å². The lowest BCUT2D eigenvalue weighted by molar-refractivity contribution is 0.0856. The smallest absolute Gasteiger partial charge is 0.407 e. The maximum Gasteiger partial charge on any atom is 0.407 e. The van der Waals surface area contributed by atoms with Gasteiger partial charge in [0.1, 0.15) is 13.2 Å². The first-order valence-electron chi connectivity index (χ1n) is 12.0. The quantitative estimate of drug-likeness (QED) is 0.524. The molecule has 35 heavy (non-hydrogen) atoms. The van der Waals surface area contributed by atoms with Gasteiger partial charge >= 0.3 is 6.09 Å². The number of likely N-dealkylation sites (tertiary alicyclic amines) is 1. The first-order chi connectivity index (χ1) is 17.0. The Balaban J connectivity index is 1.21. The Morgan fingerprint density at radius 2 is 1.80 bits per heavy atom. The Kier molecular flexibility index (Phi) is 6.50. The standard InChI is InChI=1S/C26H30N4O5/c27-21-2-1-3-22-20(21)5-7-25(31)29(22)13-12-28-10-8-19(9-11-28)30(26(32)33)17-18-4-6-23-24(16-18)35-15-14-34-23/h1-7,16,19H,8-15,17,27H2,(H,32,33). The maximum atomic E-state index is 12.5. The molecule has 2 aromatic carbocycles. The average molecular weight is 479 g/mol. The van der Waals surface area contributed by atoms with Crippen molar-refractivity contribution in [2.75, 3.05) is 38.6 Å². The number of hydrogen-bond donors (Lipinski definition) is 2. The summed E-state index contributed by atoms with van der Waals surface area (Å²) in [6, 6.07) is 14.5. The number of benzene rings is 2. The highest BCUT2D eigenvalue weighted by molar-refractivity contribution is 5.90. The van der Waals surface area contributed by atoms with E-state index < -0.39 is 6.09 Å². The van der Waals surface area contributed by atoms with Gasteiger partial charge in [-0.3, -0.25) is 4.79 Å². The van der Waals surface area contributed by atoms with Crippen LogP contribution in [-0.4, -0.2) is 64.5 Å². The van der Waals surface area contributed by atoms with E-state index in [2.05, 4.69) is 4.90 Å². The molecule has 0 saturated carbocycles. The van der Waals surface area contributed by atoms with Crippen LogP contribution in [0.1, 0.15) is 18.4 Å². The summed E-state index contributed by atoms with van der Waals surface area (Å²) in [5.41, 5.74) is 8.41. The van der Waals surface area contributed by atoms with E-state index in [4.69, 9.17) is 15.2 Å². The second-order valence-corrected chi connectivity index (χ2v) is 9.06. The molecule has 9 heteroatoms. The SMILES string of the molecule is Nc1cccc2c1ccc(=O)n2CCN1CCC(N(Cc2ccc3c(c2)OCCO3)C(=O)O)CC1. The molecule has 3 N–H and O–H groups in total. The van der Waals surface area contributed by atoms with Crippen LogP contribution in [0.15, 0.2) is 53.3 Å². The van der Waals surface area contributed by atoms with Crippen molar-refractivity contribution in [3.8, 4) is 11.5 Å². The van der Waals surface area contributed by atoms with Gasteiger partial charge in [-0.2, -0.15) is 0 Å². The summed E-state index contributed by atoms with van der Waals surface area (Å²) in [6.45, 7) is 4.16. The summed E-state index contributed by atoms with van der Waals surface area (Å²) in [4.78, 5) is 28.4. The van der Waals surface area contributed by atoms with E-state index >= 15 is 0 Å². The van der Waals surface area contributed by atoms with Gasteiger partial charge in [-0.05, 0) is 48.7 Å². The molecule has 0 unspecified atom stereocenters. The van der Waals surface area contributed by atoms with E-state index in [1.165, 1.54) is 4.90 Å². The molecule has 0 spiro atoms. The van der Waals surface area contributed by atoms with Crippen molar-refractivity contribution in [3.05, 3.63) is 64.4 Å². The number of carboxylic acid groups (broad SMARTS) is 1. The van der Waals surface area contributed by atoms with Gasteiger partial charge in [0.2, 0.25) is 0 Å². The summed E-state index contributed by atoms with van der Waals surface area (Å²) < 4.78 is 13.0. The van der Waals surface area contributed by atoms with Crippen molar-refractivity contribution in [2.24, 2.45) is 0 Å². The number of fused-ring (bicyclic) bond motifs is 2. The Morgan fingerprint density at radius 1 is 1.03 bits per heavy atom. The Bertz CT molecular complexity index is 1280. The molecule has 1 saturated heterocycles. The van der Waals surface area contributed by atoms with E-state index in [1.54, 1.807) is 16.7 Å². The Hall–Kier alpha value is -3.72. The Morgan fingerprint density at radius 3 is 2.57 bits per heavy atom. The fraction of sp³-hybridized carbons (Fsp3) is 0.385. The fourth-order valence-electron chi connectivity index (χ4n) is 5.01. The van der Waals surface area contributed by atoms with E-state index in [0.29, 0.717) is 43.5 Å². The third-order valence-corrected chi connectivity index (χ3v) is 6.91. The van der Waals surface area contributed by atoms with Crippen molar-refractivity contribution in [3.63, 3.8) is 0 Å². The van der Waals surface area contributed by atoms with Crippen LogP contribution in [-0.2, 0) is 13.1 Å². The molecule has 3 aromatic rings. The number of piperidine rings is 1. The van der Waals surface area contributed by atoms with E-state index in [0.717, 1.165) is 48.9 Å². The molecule has 2 aliphatic heterocycles. The number of nitrogens with two attached hydrogens (primary N) is 1. The third kappa shape index (κ3) is 4.90. The third-order valence-electron chi connectivity index (χ3n) is 6.91. The van der Waals surface area contributed by atoms with E-state index in [-0.39, 0.29) is 11.6 Å². The molecule has 0 radical (unpaired) electrons. The first-order valence-corrected chi connectivity index (χ1v) is 12.0. The zero-order valence-corrected chi connectivity index (χ0v) is 19.6. The number of nitrogen functional groups attached to an aromatic ring is 1. The van der Waals surface area contributed by atoms with Gasteiger partial charge in [-0.1, -0.05) is 12.1 Å². The van der Waals surface area contributed by atoms with Crippen molar-refractivity contribution in [1.82, 2.24) is 14.4 Å². The fourth-order valence-corrected chi connectivity index (χ4v) is 5.01. The summed E-state index contributed by atoms with van der Waals surface area (Å²) in [5, 5.41) is 10.8. The molecule has 3 heterocycles. The normalized spacial score (nSPS) is 16.3. The van der Waals surface area contributed by atoms with Crippen LogP contribution in [0.25, 0.3) is 10.9 Å². The van der Waals surface area contributed by atoms with Gasteiger partial charge in [-0.25, -0.2) is 4.79 Å². The molecule has 0 aliphatic carbocycles. The number of carbonyl (C=O) groups is 1. The molecule has 184 valence electrons. The second-order valence-electron chi connectivity index (χ2n) is 9.06. The zero-order valence-electron chi connectivity index (χ0n) is 19.6. The van der Waals surface area contributed by atoms with Gasteiger partial charge in [0.05, 0.1) is 5.52 Å². The van der Waals surface area contributed by atoms with Crippen LogP contribution in [0.2, 0.25) is 0 Å². The molecular formula is C26H30N4O5. The summed E-state index contributed by atoms with van der Waals surface area (Å²) in [7, 11) is 0. The van der Waals surface area contributed by atoms with Gasteiger partial charge in [0.25, 0.3) is 5.56 Å². The summed E-state index contributed by atoms with van der Waals surface area (Å²) >= 11 is 0.